The van der Waals surface area contributed by atoms with Crippen molar-refractivity contribution in [3.05, 3.63) is 35.4 Å². The Hall–Kier alpha value is -1.19. The Morgan fingerprint density at radius 1 is 1.50 bits per heavy atom. The second kappa shape index (κ2) is 6.40. The third-order valence-electron chi connectivity index (χ3n) is 2.10. The number of hydrogen-bond donors (Lipinski definition) is 1. The van der Waals surface area contributed by atoms with Crippen molar-refractivity contribution in [3.8, 4) is 11.5 Å². The molecule has 1 rings (SSSR count). The van der Waals surface area contributed by atoms with Gasteiger partial charge in [-0.1, -0.05) is 17.7 Å². The molecule has 0 spiro atoms. The number of nitrogens with two attached hydrogens (primary N) is 1. The molecule has 0 aliphatic heterocycles. The molecule has 0 heterocycles. The van der Waals surface area contributed by atoms with Gasteiger partial charge in [-0.05, 0) is 12.5 Å². The van der Waals surface area contributed by atoms with E-state index in [-0.39, 0.29) is 0 Å². The van der Waals surface area contributed by atoms with Gasteiger partial charge in [0.05, 0.1) is 13.7 Å². The van der Waals surface area contributed by atoms with E-state index in [9.17, 15) is 0 Å². The summed E-state index contributed by atoms with van der Waals surface area (Å²) in [5.74, 6) is 1.27. The zero-order chi connectivity index (χ0) is 12.0. The van der Waals surface area contributed by atoms with E-state index in [1.165, 1.54) is 0 Å². The number of benzene rings is 1. The molecule has 2 N–H and O–H groups in total. The predicted molar refractivity (Wildman–Crippen MR) is 66.2 cm³/mol. The summed E-state index contributed by atoms with van der Waals surface area (Å²) in [6.07, 6.45) is 2.57. The molecule has 0 saturated heterocycles. The smallest absolute Gasteiger partial charge is 0.165 e. The molecule has 0 radical (unpaired) electrons. The summed E-state index contributed by atoms with van der Waals surface area (Å²) in [5, 5.41) is 0.591. The number of rotatable bonds is 6. The van der Waals surface area contributed by atoms with Gasteiger partial charge in [0.25, 0.3) is 0 Å². The first-order valence-electron chi connectivity index (χ1n) is 5.03. The predicted octanol–water partition coefficient (Wildman–Crippen LogP) is 2.76. The summed E-state index contributed by atoms with van der Waals surface area (Å²) in [6.45, 7) is 4.55. The van der Waals surface area contributed by atoms with Gasteiger partial charge in [0.1, 0.15) is 0 Å². The number of ether oxygens (including phenoxy) is 2. The van der Waals surface area contributed by atoms with Crippen LogP contribution in [0.4, 0.5) is 0 Å². The third kappa shape index (κ3) is 3.15. The largest absolute Gasteiger partial charge is 0.493 e. The van der Waals surface area contributed by atoms with Gasteiger partial charge in [-0.2, -0.15) is 0 Å². The van der Waals surface area contributed by atoms with Crippen molar-refractivity contribution in [1.82, 2.24) is 0 Å². The summed E-state index contributed by atoms with van der Waals surface area (Å²) in [7, 11) is 1.58. The molecule has 0 aromatic heterocycles. The lowest BCUT2D eigenvalue weighted by Gasteiger charge is -2.14. The van der Waals surface area contributed by atoms with Crippen LogP contribution in [0.25, 0.3) is 0 Å². The molecule has 3 nitrogen and oxygen atoms in total. The van der Waals surface area contributed by atoms with E-state index in [1.54, 1.807) is 25.3 Å². The van der Waals surface area contributed by atoms with Crippen LogP contribution in [0, 0.1) is 0 Å². The van der Waals surface area contributed by atoms with E-state index in [2.05, 4.69) is 6.58 Å². The molecule has 0 fully saturated rings. The molecule has 0 amide bonds. The van der Waals surface area contributed by atoms with Crippen molar-refractivity contribution < 1.29 is 9.47 Å². The number of methoxy groups -OCH3 is 1. The summed E-state index contributed by atoms with van der Waals surface area (Å²) < 4.78 is 10.8. The molecule has 88 valence electrons. The van der Waals surface area contributed by atoms with E-state index in [1.807, 2.05) is 0 Å². The molecule has 1 aromatic rings. The molecular weight excluding hydrogens is 226 g/mol. The van der Waals surface area contributed by atoms with Crippen LogP contribution in [0.2, 0.25) is 5.02 Å². The van der Waals surface area contributed by atoms with Gasteiger partial charge in [-0.25, -0.2) is 0 Å². The molecule has 0 bridgehead atoms. The Balaban J connectivity index is 2.97. The molecular formula is C12H16ClNO2. The summed E-state index contributed by atoms with van der Waals surface area (Å²) in [5.41, 5.74) is 6.47. The van der Waals surface area contributed by atoms with Gasteiger partial charge < -0.3 is 15.2 Å². The van der Waals surface area contributed by atoms with Gasteiger partial charge in [0.2, 0.25) is 0 Å². The van der Waals surface area contributed by atoms with E-state index in [4.69, 9.17) is 26.8 Å². The molecule has 0 saturated carbocycles. The standard InChI is InChI=1S/C12H16ClNO2/c1-3-4-5-16-12-9(8-14)6-10(13)7-11(12)15-2/h3,6-7H,1,4-5,8,14H2,2H3. The molecule has 1 aromatic carbocycles. The van der Waals surface area contributed by atoms with Crippen molar-refractivity contribution in [1.29, 1.82) is 0 Å². The monoisotopic (exact) mass is 241 g/mol. The Morgan fingerprint density at radius 2 is 2.25 bits per heavy atom. The normalized spacial score (nSPS) is 9.94. The first kappa shape index (κ1) is 12.9. The fourth-order valence-corrected chi connectivity index (χ4v) is 1.56. The van der Waals surface area contributed by atoms with E-state index in [0.717, 1.165) is 12.0 Å². The van der Waals surface area contributed by atoms with Crippen LogP contribution in [-0.2, 0) is 6.54 Å². The highest BCUT2D eigenvalue weighted by Crippen LogP contribution is 2.34. The molecule has 4 heteroatoms. The fourth-order valence-electron chi connectivity index (χ4n) is 1.33. The van der Waals surface area contributed by atoms with Crippen LogP contribution in [0.15, 0.2) is 24.8 Å². The van der Waals surface area contributed by atoms with Crippen LogP contribution in [0.3, 0.4) is 0 Å². The van der Waals surface area contributed by atoms with Gasteiger partial charge in [0, 0.05) is 23.2 Å². The maximum atomic E-state index is 5.93. The highest BCUT2D eigenvalue weighted by atomic mass is 35.5. The number of halogens is 1. The van der Waals surface area contributed by atoms with Crippen LogP contribution >= 0.6 is 11.6 Å². The quantitative estimate of drug-likeness (QED) is 0.615. The minimum Gasteiger partial charge on any atom is -0.493 e. The van der Waals surface area contributed by atoms with Crippen molar-refractivity contribution in [3.63, 3.8) is 0 Å². The van der Waals surface area contributed by atoms with E-state index in [0.29, 0.717) is 29.7 Å². The van der Waals surface area contributed by atoms with Crippen LogP contribution in [0.5, 0.6) is 11.5 Å². The minimum absolute atomic E-state index is 0.361. The highest BCUT2D eigenvalue weighted by molar-refractivity contribution is 6.30. The Morgan fingerprint density at radius 3 is 2.81 bits per heavy atom. The summed E-state index contributed by atoms with van der Waals surface area (Å²) in [6, 6.07) is 3.50. The minimum atomic E-state index is 0.361. The lowest BCUT2D eigenvalue weighted by molar-refractivity contribution is 0.297. The summed E-state index contributed by atoms with van der Waals surface area (Å²) >= 11 is 5.93. The SMILES string of the molecule is C=CCCOc1c(CN)cc(Cl)cc1OC. The van der Waals surface area contributed by atoms with E-state index < -0.39 is 0 Å². The Bertz CT molecular complexity index is 341. The lowest BCUT2D eigenvalue weighted by Crippen LogP contribution is -2.05. The zero-order valence-corrected chi connectivity index (χ0v) is 10.1. The first-order chi connectivity index (χ1) is 7.72. The molecule has 0 aliphatic rings. The van der Waals surface area contributed by atoms with Crippen molar-refractivity contribution in [2.45, 2.75) is 13.0 Å². The maximum absolute atomic E-state index is 5.93. The summed E-state index contributed by atoms with van der Waals surface area (Å²) in [4.78, 5) is 0. The number of hydrogen-bond acceptors (Lipinski definition) is 3. The topological polar surface area (TPSA) is 44.5 Å². The first-order valence-corrected chi connectivity index (χ1v) is 5.41. The van der Waals surface area contributed by atoms with Gasteiger partial charge in [0.15, 0.2) is 11.5 Å². The van der Waals surface area contributed by atoms with Gasteiger partial charge >= 0.3 is 0 Å². The molecule has 0 unspecified atom stereocenters. The average molecular weight is 242 g/mol. The maximum Gasteiger partial charge on any atom is 0.165 e. The lowest BCUT2D eigenvalue weighted by atomic mass is 10.2. The van der Waals surface area contributed by atoms with Crippen molar-refractivity contribution in [2.24, 2.45) is 5.73 Å². The van der Waals surface area contributed by atoms with Crippen molar-refractivity contribution >= 4 is 11.6 Å². The molecule has 0 atom stereocenters. The Labute approximate surface area is 101 Å². The van der Waals surface area contributed by atoms with Crippen LogP contribution in [0.1, 0.15) is 12.0 Å². The van der Waals surface area contributed by atoms with Crippen LogP contribution < -0.4 is 15.2 Å². The highest BCUT2D eigenvalue weighted by Gasteiger charge is 2.11. The van der Waals surface area contributed by atoms with Crippen molar-refractivity contribution in [2.75, 3.05) is 13.7 Å². The second-order valence-electron chi connectivity index (χ2n) is 3.23. The van der Waals surface area contributed by atoms with E-state index >= 15 is 0 Å². The third-order valence-corrected chi connectivity index (χ3v) is 2.32. The molecule has 16 heavy (non-hydrogen) atoms. The zero-order valence-electron chi connectivity index (χ0n) is 9.33. The average Bonchev–Trinajstić information content (AvgIpc) is 2.30. The van der Waals surface area contributed by atoms with Gasteiger partial charge in [-0.3, -0.25) is 0 Å². The Kier molecular flexibility index (Phi) is 5.15. The molecule has 0 aliphatic carbocycles. The second-order valence-corrected chi connectivity index (χ2v) is 3.66. The fraction of sp³-hybridized carbons (Fsp3) is 0.333. The van der Waals surface area contributed by atoms with Crippen LogP contribution in [-0.4, -0.2) is 13.7 Å². The van der Waals surface area contributed by atoms with Gasteiger partial charge in [-0.15, -0.1) is 6.58 Å².